The Labute approximate surface area is 196 Å². The molecular formula is C25H29N3O4S. The number of amides is 1. The summed E-state index contributed by atoms with van der Waals surface area (Å²) >= 11 is 1.23. The molecule has 1 aliphatic carbocycles. The number of anilines is 1. The number of carbonyl (C=O) groups is 2. The summed E-state index contributed by atoms with van der Waals surface area (Å²) in [5.74, 6) is -0.667. The van der Waals surface area contributed by atoms with Crippen molar-refractivity contribution in [2.24, 2.45) is 0 Å². The molecule has 0 atom stereocenters. The number of aromatic nitrogens is 2. The molecule has 33 heavy (non-hydrogen) atoms. The molecule has 1 N–H and O–H groups in total. The van der Waals surface area contributed by atoms with Gasteiger partial charge in [-0.05, 0) is 56.0 Å². The van der Waals surface area contributed by atoms with Crippen LogP contribution in [0.2, 0.25) is 0 Å². The Hall–Kier alpha value is -3.00. The Kier molecular flexibility index (Phi) is 7.23. The van der Waals surface area contributed by atoms with E-state index >= 15 is 0 Å². The van der Waals surface area contributed by atoms with Crippen LogP contribution in [0.5, 0.6) is 0 Å². The van der Waals surface area contributed by atoms with E-state index in [1.807, 2.05) is 6.92 Å². The van der Waals surface area contributed by atoms with Gasteiger partial charge < -0.3 is 10.1 Å². The van der Waals surface area contributed by atoms with E-state index in [1.165, 1.54) is 17.8 Å². The summed E-state index contributed by atoms with van der Waals surface area (Å²) in [6, 6.07) is 6.79. The Balaban J connectivity index is 1.51. The molecular weight excluding hydrogens is 438 g/mol. The summed E-state index contributed by atoms with van der Waals surface area (Å²) in [6.45, 7) is 4.24. The van der Waals surface area contributed by atoms with Crippen molar-refractivity contribution in [3.63, 3.8) is 0 Å². The minimum absolute atomic E-state index is 0.0642. The second kappa shape index (κ2) is 10.3. The number of hydrogen-bond donors (Lipinski definition) is 1. The predicted molar refractivity (Wildman–Crippen MR) is 130 cm³/mol. The van der Waals surface area contributed by atoms with Gasteiger partial charge in [0.25, 0.3) is 11.5 Å². The average molecular weight is 468 g/mol. The largest absolute Gasteiger partial charge is 0.462 e. The Morgan fingerprint density at radius 2 is 1.91 bits per heavy atom. The third kappa shape index (κ3) is 5.00. The number of fused-ring (bicyclic) bond motifs is 1. The normalized spacial score (nSPS) is 14.4. The maximum Gasteiger partial charge on any atom is 0.338 e. The summed E-state index contributed by atoms with van der Waals surface area (Å²) < 4.78 is 6.96. The highest BCUT2D eigenvalue weighted by atomic mass is 32.1. The van der Waals surface area contributed by atoms with Crippen LogP contribution < -0.4 is 10.9 Å². The lowest BCUT2D eigenvalue weighted by Crippen LogP contribution is -2.26. The first kappa shape index (κ1) is 23.2. The zero-order valence-corrected chi connectivity index (χ0v) is 19.9. The molecule has 0 spiro atoms. The van der Waals surface area contributed by atoms with E-state index in [4.69, 9.17) is 4.74 Å². The molecule has 1 fully saturated rings. The Morgan fingerprint density at radius 3 is 2.61 bits per heavy atom. The number of thiophene rings is 1. The number of benzene rings is 1. The molecule has 1 saturated carbocycles. The predicted octanol–water partition coefficient (Wildman–Crippen LogP) is 5.48. The van der Waals surface area contributed by atoms with Gasteiger partial charge in [0.15, 0.2) is 0 Å². The molecule has 3 aromatic rings. The second-order valence-corrected chi connectivity index (χ2v) is 9.51. The third-order valence-corrected chi connectivity index (χ3v) is 7.36. The van der Waals surface area contributed by atoms with Gasteiger partial charge in [-0.1, -0.05) is 32.6 Å². The van der Waals surface area contributed by atoms with Gasteiger partial charge in [-0.3, -0.25) is 14.2 Å². The molecule has 174 valence electrons. The number of nitrogens with one attached hydrogen (secondary N) is 1. The average Bonchev–Trinajstić information content (AvgIpc) is 3.17. The quantitative estimate of drug-likeness (QED) is 0.367. The summed E-state index contributed by atoms with van der Waals surface area (Å²) in [5, 5.41) is 3.39. The van der Waals surface area contributed by atoms with Crippen molar-refractivity contribution in [3.8, 4) is 0 Å². The summed E-state index contributed by atoms with van der Waals surface area (Å²) in [5.41, 5.74) is 1.60. The molecule has 0 radical (unpaired) electrons. The zero-order valence-electron chi connectivity index (χ0n) is 19.1. The maximum absolute atomic E-state index is 13.2. The van der Waals surface area contributed by atoms with E-state index in [0.717, 1.165) is 38.5 Å². The van der Waals surface area contributed by atoms with Crippen molar-refractivity contribution in [1.29, 1.82) is 0 Å². The maximum atomic E-state index is 13.2. The van der Waals surface area contributed by atoms with Crippen LogP contribution in [0.15, 0.2) is 35.4 Å². The fraction of sp³-hybridized carbons (Fsp3) is 0.440. The van der Waals surface area contributed by atoms with Gasteiger partial charge in [0.1, 0.15) is 4.83 Å². The minimum atomic E-state index is -0.373. The summed E-state index contributed by atoms with van der Waals surface area (Å²) in [7, 11) is 0. The van der Waals surface area contributed by atoms with E-state index in [2.05, 4.69) is 10.3 Å². The number of hydrogen-bond acceptors (Lipinski definition) is 6. The van der Waals surface area contributed by atoms with Crippen molar-refractivity contribution in [1.82, 2.24) is 9.55 Å². The van der Waals surface area contributed by atoms with Crippen molar-refractivity contribution >= 4 is 39.1 Å². The first-order valence-electron chi connectivity index (χ1n) is 11.6. The standard InChI is InChI=1S/C25H29N3O4S/c1-3-4-14-32-25(31)17-10-12-18(13-11-17)27-22(29)21-16(2)20-23(33-21)26-15-28(24(20)30)19-8-6-5-7-9-19/h10-13,15,19H,3-9,14H2,1-2H3,(H,27,29). The van der Waals surface area contributed by atoms with Gasteiger partial charge in [-0.25, -0.2) is 9.78 Å². The van der Waals surface area contributed by atoms with Crippen LogP contribution in [0, 0.1) is 6.92 Å². The van der Waals surface area contributed by atoms with Gasteiger partial charge in [0.2, 0.25) is 0 Å². The van der Waals surface area contributed by atoms with E-state index in [0.29, 0.717) is 38.5 Å². The number of unbranched alkanes of at least 4 members (excludes halogenated alkanes) is 1. The molecule has 4 rings (SSSR count). The van der Waals surface area contributed by atoms with E-state index in [-0.39, 0.29) is 23.5 Å². The SMILES string of the molecule is CCCCOC(=O)c1ccc(NC(=O)c2sc3ncn(C4CCCCC4)c(=O)c3c2C)cc1. The molecule has 2 aromatic heterocycles. The first-order valence-corrected chi connectivity index (χ1v) is 12.4. The van der Waals surface area contributed by atoms with Crippen LogP contribution in [-0.2, 0) is 4.74 Å². The molecule has 1 amide bonds. The molecule has 7 nitrogen and oxygen atoms in total. The van der Waals surface area contributed by atoms with Crippen LogP contribution in [0.25, 0.3) is 10.2 Å². The van der Waals surface area contributed by atoms with Gasteiger partial charge in [-0.2, -0.15) is 0 Å². The molecule has 0 unspecified atom stereocenters. The Bertz CT molecular complexity index is 1210. The monoisotopic (exact) mass is 467 g/mol. The Morgan fingerprint density at radius 1 is 1.18 bits per heavy atom. The van der Waals surface area contributed by atoms with Crippen LogP contribution in [0.3, 0.4) is 0 Å². The summed E-state index contributed by atoms with van der Waals surface area (Å²) in [4.78, 5) is 43.8. The highest BCUT2D eigenvalue weighted by Gasteiger charge is 2.23. The fourth-order valence-corrected chi connectivity index (χ4v) is 5.28. The van der Waals surface area contributed by atoms with E-state index in [1.54, 1.807) is 42.1 Å². The van der Waals surface area contributed by atoms with Gasteiger partial charge >= 0.3 is 5.97 Å². The summed E-state index contributed by atoms with van der Waals surface area (Å²) in [6.07, 6.45) is 8.87. The van der Waals surface area contributed by atoms with E-state index in [9.17, 15) is 14.4 Å². The van der Waals surface area contributed by atoms with Crippen molar-refractivity contribution in [2.45, 2.75) is 64.8 Å². The number of carbonyl (C=O) groups excluding carboxylic acids is 2. The molecule has 8 heteroatoms. The topological polar surface area (TPSA) is 90.3 Å². The zero-order chi connectivity index (χ0) is 23.4. The van der Waals surface area contributed by atoms with E-state index < -0.39 is 0 Å². The number of ether oxygens (including phenoxy) is 1. The highest BCUT2D eigenvalue weighted by Crippen LogP contribution is 2.30. The van der Waals surface area contributed by atoms with Gasteiger partial charge in [0.05, 0.1) is 28.8 Å². The molecule has 0 bridgehead atoms. The van der Waals surface area contributed by atoms with Crippen molar-refractivity contribution in [2.75, 3.05) is 11.9 Å². The molecule has 1 aromatic carbocycles. The molecule has 2 heterocycles. The smallest absolute Gasteiger partial charge is 0.338 e. The first-order chi connectivity index (χ1) is 16.0. The van der Waals surface area contributed by atoms with Crippen molar-refractivity contribution < 1.29 is 14.3 Å². The molecule has 0 aliphatic heterocycles. The van der Waals surface area contributed by atoms with Crippen LogP contribution >= 0.6 is 11.3 Å². The lowest BCUT2D eigenvalue weighted by atomic mass is 9.95. The van der Waals surface area contributed by atoms with Crippen LogP contribution in [0.4, 0.5) is 5.69 Å². The number of esters is 1. The molecule has 0 saturated heterocycles. The second-order valence-electron chi connectivity index (χ2n) is 8.51. The lowest BCUT2D eigenvalue weighted by Gasteiger charge is -2.23. The highest BCUT2D eigenvalue weighted by molar-refractivity contribution is 7.20. The lowest BCUT2D eigenvalue weighted by molar-refractivity contribution is 0.0499. The van der Waals surface area contributed by atoms with Crippen LogP contribution in [0.1, 0.15) is 83.5 Å². The number of rotatable bonds is 7. The van der Waals surface area contributed by atoms with Crippen molar-refractivity contribution in [3.05, 3.63) is 57.0 Å². The minimum Gasteiger partial charge on any atom is -0.462 e. The third-order valence-electron chi connectivity index (χ3n) is 6.16. The van der Waals surface area contributed by atoms with Gasteiger partial charge in [0, 0.05) is 11.7 Å². The molecule has 1 aliphatic rings. The number of nitrogens with zero attached hydrogens (tertiary/aromatic N) is 2. The number of aryl methyl sites for hydroxylation is 1. The van der Waals surface area contributed by atoms with Crippen LogP contribution in [-0.4, -0.2) is 28.0 Å². The van der Waals surface area contributed by atoms with Gasteiger partial charge in [-0.15, -0.1) is 11.3 Å². The fourth-order valence-electron chi connectivity index (χ4n) is 4.24.